The van der Waals surface area contributed by atoms with Gasteiger partial charge in [0.15, 0.2) is 0 Å². The van der Waals surface area contributed by atoms with E-state index in [0.717, 1.165) is 22.4 Å². The monoisotopic (exact) mass is 528 g/mol. The lowest BCUT2D eigenvalue weighted by atomic mass is 10.1. The molecule has 1 aliphatic heterocycles. The molecule has 5 rings (SSSR count). The number of ether oxygens (including phenoxy) is 1. The van der Waals surface area contributed by atoms with Crippen molar-refractivity contribution in [3.05, 3.63) is 130 Å². The van der Waals surface area contributed by atoms with Gasteiger partial charge in [0.25, 0.3) is 5.91 Å². The Bertz CT molecular complexity index is 1360. The van der Waals surface area contributed by atoms with E-state index in [0.29, 0.717) is 35.2 Å². The molecule has 1 heterocycles. The van der Waals surface area contributed by atoms with Gasteiger partial charge in [-0.15, -0.1) is 11.8 Å². The maximum absolute atomic E-state index is 12.8. The van der Waals surface area contributed by atoms with Crippen LogP contribution in [0, 0.1) is 0 Å². The first kappa shape index (κ1) is 24.9. The number of carbonyl (C=O) groups is 2. The molecule has 1 aliphatic rings. The van der Waals surface area contributed by atoms with Crippen LogP contribution in [0.5, 0.6) is 5.75 Å². The highest BCUT2D eigenvalue weighted by molar-refractivity contribution is 8.00. The zero-order valence-electron chi connectivity index (χ0n) is 20.0. The minimum atomic E-state index is -0.197. The molecule has 0 saturated carbocycles. The lowest BCUT2D eigenvalue weighted by Gasteiger charge is -2.24. The number of carbonyl (C=O) groups excluding carboxylic acids is 2. The molecule has 0 bridgehead atoms. The first-order chi connectivity index (χ1) is 18.0. The summed E-state index contributed by atoms with van der Waals surface area (Å²) in [5.74, 6) is 1.07. The lowest BCUT2D eigenvalue weighted by Crippen LogP contribution is -2.27. The Morgan fingerprint density at radius 3 is 2.30 bits per heavy atom. The molecule has 0 aromatic heterocycles. The Hall–Kier alpha value is -3.74. The van der Waals surface area contributed by atoms with Crippen LogP contribution in [0.25, 0.3) is 0 Å². The second-order valence-corrected chi connectivity index (χ2v) is 10.2. The first-order valence-corrected chi connectivity index (χ1v) is 13.3. The standard InChI is InChI=1S/C30H25ClN2O3S/c31-25-12-6-21(7-13-25)18-33-28(34)20-37-30(33)24-10-8-23(9-11-24)29(35)32-26-14-16-27(17-15-26)36-19-22-4-2-1-3-5-22/h1-17,30H,18-20H2,(H,32,35)/t30-/m1/s1. The Morgan fingerprint density at radius 1 is 0.892 bits per heavy atom. The van der Waals surface area contributed by atoms with Crippen molar-refractivity contribution in [2.24, 2.45) is 0 Å². The molecule has 1 saturated heterocycles. The van der Waals surface area contributed by atoms with E-state index >= 15 is 0 Å². The largest absolute Gasteiger partial charge is 0.489 e. The van der Waals surface area contributed by atoms with Crippen molar-refractivity contribution in [2.75, 3.05) is 11.1 Å². The van der Waals surface area contributed by atoms with Crippen LogP contribution >= 0.6 is 23.4 Å². The molecular formula is C30H25ClN2O3S. The number of thioether (sulfide) groups is 1. The molecule has 0 unspecified atom stereocenters. The molecule has 2 amide bonds. The summed E-state index contributed by atoms with van der Waals surface area (Å²) in [6.45, 7) is 1.00. The van der Waals surface area contributed by atoms with Crippen molar-refractivity contribution >= 4 is 40.9 Å². The van der Waals surface area contributed by atoms with Crippen LogP contribution in [-0.2, 0) is 17.9 Å². The summed E-state index contributed by atoms with van der Waals surface area (Å²) in [7, 11) is 0. The van der Waals surface area contributed by atoms with E-state index < -0.39 is 0 Å². The Labute approximate surface area is 225 Å². The van der Waals surface area contributed by atoms with Crippen LogP contribution < -0.4 is 10.1 Å². The van der Waals surface area contributed by atoms with Gasteiger partial charge in [-0.25, -0.2) is 0 Å². The average molecular weight is 529 g/mol. The molecule has 7 heteroatoms. The molecule has 1 N–H and O–H groups in total. The van der Waals surface area contributed by atoms with Gasteiger partial charge in [0.1, 0.15) is 17.7 Å². The highest BCUT2D eigenvalue weighted by Gasteiger charge is 2.32. The highest BCUT2D eigenvalue weighted by Crippen LogP contribution is 2.39. The van der Waals surface area contributed by atoms with Crippen molar-refractivity contribution in [3.63, 3.8) is 0 Å². The smallest absolute Gasteiger partial charge is 0.255 e. The van der Waals surface area contributed by atoms with Gasteiger partial charge < -0.3 is 15.0 Å². The fourth-order valence-corrected chi connectivity index (χ4v) is 5.38. The summed E-state index contributed by atoms with van der Waals surface area (Å²) in [6, 6.07) is 32.2. The summed E-state index contributed by atoms with van der Waals surface area (Å²) in [5, 5.41) is 3.50. The van der Waals surface area contributed by atoms with Gasteiger partial charge in [0.05, 0.1) is 5.75 Å². The SMILES string of the molecule is O=C(Nc1ccc(OCc2ccccc2)cc1)c1ccc([C@H]2SCC(=O)N2Cc2ccc(Cl)cc2)cc1. The van der Waals surface area contributed by atoms with Gasteiger partial charge in [-0.2, -0.15) is 0 Å². The molecule has 4 aromatic rings. The number of amides is 2. The number of nitrogens with zero attached hydrogens (tertiary/aromatic N) is 1. The molecule has 0 aliphatic carbocycles. The van der Waals surface area contributed by atoms with E-state index in [-0.39, 0.29) is 17.2 Å². The van der Waals surface area contributed by atoms with Gasteiger partial charge in [-0.05, 0) is 65.2 Å². The Balaban J connectivity index is 1.19. The van der Waals surface area contributed by atoms with Crippen molar-refractivity contribution in [1.29, 1.82) is 0 Å². The van der Waals surface area contributed by atoms with Gasteiger partial charge >= 0.3 is 0 Å². The van der Waals surface area contributed by atoms with Crippen LogP contribution in [0.1, 0.15) is 32.4 Å². The molecule has 37 heavy (non-hydrogen) atoms. The summed E-state index contributed by atoms with van der Waals surface area (Å²) in [4.78, 5) is 27.2. The Kier molecular flexibility index (Phi) is 7.78. The zero-order valence-corrected chi connectivity index (χ0v) is 21.5. The molecule has 0 spiro atoms. The number of rotatable bonds is 8. The number of nitrogens with one attached hydrogen (secondary N) is 1. The Morgan fingerprint density at radius 2 is 1.59 bits per heavy atom. The van der Waals surface area contributed by atoms with Crippen molar-refractivity contribution in [1.82, 2.24) is 4.90 Å². The molecule has 0 radical (unpaired) electrons. The van der Waals surface area contributed by atoms with Gasteiger partial charge in [0, 0.05) is 22.8 Å². The first-order valence-electron chi connectivity index (χ1n) is 11.9. The minimum absolute atomic E-state index is 0.0938. The molecule has 186 valence electrons. The zero-order chi connectivity index (χ0) is 25.6. The third-order valence-corrected chi connectivity index (χ3v) is 7.56. The van der Waals surface area contributed by atoms with Gasteiger partial charge in [0.2, 0.25) is 5.91 Å². The van der Waals surface area contributed by atoms with Crippen molar-refractivity contribution in [3.8, 4) is 5.75 Å². The summed E-state index contributed by atoms with van der Waals surface area (Å²) in [6.07, 6.45) is 0. The topological polar surface area (TPSA) is 58.6 Å². The number of anilines is 1. The number of halogens is 1. The third-order valence-electron chi connectivity index (χ3n) is 6.05. The van der Waals surface area contributed by atoms with E-state index in [1.807, 2.05) is 95.9 Å². The van der Waals surface area contributed by atoms with Crippen molar-refractivity contribution in [2.45, 2.75) is 18.5 Å². The summed E-state index contributed by atoms with van der Waals surface area (Å²) in [5.41, 5.74) is 4.34. The number of hydrogen-bond donors (Lipinski definition) is 1. The van der Waals surface area contributed by atoms with Crippen LogP contribution in [0.2, 0.25) is 5.02 Å². The van der Waals surface area contributed by atoms with Crippen LogP contribution in [-0.4, -0.2) is 22.5 Å². The second-order valence-electron chi connectivity index (χ2n) is 8.69. The van der Waals surface area contributed by atoms with Gasteiger partial charge in [-0.3, -0.25) is 9.59 Å². The molecule has 5 nitrogen and oxygen atoms in total. The van der Waals surface area contributed by atoms with Gasteiger partial charge in [-0.1, -0.05) is 66.2 Å². The van der Waals surface area contributed by atoms with Crippen LogP contribution in [0.15, 0.2) is 103 Å². The second kappa shape index (κ2) is 11.5. The fraction of sp³-hybridized carbons (Fsp3) is 0.133. The third kappa shape index (κ3) is 6.34. The predicted molar refractivity (Wildman–Crippen MR) is 149 cm³/mol. The van der Waals surface area contributed by atoms with Crippen molar-refractivity contribution < 1.29 is 14.3 Å². The maximum Gasteiger partial charge on any atom is 0.255 e. The fourth-order valence-electron chi connectivity index (χ4n) is 4.07. The van der Waals surface area contributed by atoms with E-state index in [4.69, 9.17) is 16.3 Å². The summed E-state index contributed by atoms with van der Waals surface area (Å²) >= 11 is 7.58. The van der Waals surface area contributed by atoms with Crippen LogP contribution in [0.4, 0.5) is 5.69 Å². The predicted octanol–water partition coefficient (Wildman–Crippen LogP) is 6.95. The van der Waals surface area contributed by atoms with E-state index in [9.17, 15) is 9.59 Å². The number of hydrogen-bond acceptors (Lipinski definition) is 4. The molecule has 1 fully saturated rings. The normalized spacial score (nSPS) is 15.0. The van der Waals surface area contributed by atoms with E-state index in [1.165, 1.54) is 0 Å². The minimum Gasteiger partial charge on any atom is -0.489 e. The van der Waals surface area contributed by atoms with E-state index in [2.05, 4.69) is 5.32 Å². The lowest BCUT2D eigenvalue weighted by molar-refractivity contribution is -0.128. The molecular weight excluding hydrogens is 504 g/mol. The summed E-state index contributed by atoms with van der Waals surface area (Å²) < 4.78 is 5.81. The molecule has 1 atom stereocenters. The highest BCUT2D eigenvalue weighted by atomic mass is 35.5. The van der Waals surface area contributed by atoms with E-state index in [1.54, 1.807) is 23.9 Å². The van der Waals surface area contributed by atoms with Crippen LogP contribution in [0.3, 0.4) is 0 Å². The molecule has 4 aromatic carbocycles. The maximum atomic E-state index is 12.8. The average Bonchev–Trinajstić information content (AvgIpc) is 3.30. The number of benzene rings is 4. The quantitative estimate of drug-likeness (QED) is 0.269.